The molecule has 0 aliphatic carbocycles. The van der Waals surface area contributed by atoms with Gasteiger partial charge in [0.2, 0.25) is 5.89 Å². The zero-order valence-electron chi connectivity index (χ0n) is 17.8. The first-order chi connectivity index (χ1) is 13.2. The van der Waals surface area contributed by atoms with Gasteiger partial charge in [0.05, 0.1) is 6.54 Å². The predicted octanol–water partition coefficient (Wildman–Crippen LogP) is 2.80. The van der Waals surface area contributed by atoms with Crippen LogP contribution in [0.25, 0.3) is 0 Å². The third-order valence-electron chi connectivity index (χ3n) is 4.37. The molecule has 2 rings (SSSR count). The van der Waals surface area contributed by atoms with Crippen LogP contribution in [-0.4, -0.2) is 40.8 Å². The van der Waals surface area contributed by atoms with Crippen LogP contribution >= 0.6 is 0 Å². The highest BCUT2D eigenvalue weighted by molar-refractivity contribution is 5.79. The van der Waals surface area contributed by atoms with Crippen LogP contribution in [0.1, 0.15) is 68.8 Å². The molecule has 1 unspecified atom stereocenters. The first kappa shape index (κ1) is 21.9. The number of aliphatic imine (C=N–C) groups is 1. The van der Waals surface area contributed by atoms with E-state index >= 15 is 0 Å². The number of hydrogen-bond donors (Lipinski definition) is 3. The summed E-state index contributed by atoms with van der Waals surface area (Å²) in [5.41, 5.74) is -0.330. The molecule has 2 aromatic heterocycles. The number of nitrogens with one attached hydrogen (secondary N) is 2. The van der Waals surface area contributed by atoms with Crippen LogP contribution < -0.4 is 10.6 Å². The maximum Gasteiger partial charge on any atom is 0.226 e. The zero-order valence-corrected chi connectivity index (χ0v) is 17.8. The van der Waals surface area contributed by atoms with Crippen LogP contribution in [0.5, 0.6) is 0 Å². The minimum atomic E-state index is -1.10. The van der Waals surface area contributed by atoms with Gasteiger partial charge in [0.25, 0.3) is 0 Å². The van der Waals surface area contributed by atoms with Gasteiger partial charge in [0.1, 0.15) is 17.1 Å². The molecule has 0 saturated carbocycles. The molecule has 1 atom stereocenters. The summed E-state index contributed by atoms with van der Waals surface area (Å²) in [5, 5.41) is 21.3. The lowest BCUT2D eigenvalue weighted by Crippen LogP contribution is -2.39. The van der Waals surface area contributed by atoms with Gasteiger partial charge in [-0.05, 0) is 40.2 Å². The Kier molecular flexibility index (Phi) is 7.62. The number of furan rings is 1. The summed E-state index contributed by atoms with van der Waals surface area (Å²) in [5.74, 6) is 3.82. The van der Waals surface area contributed by atoms with Gasteiger partial charge < -0.3 is 24.7 Å². The molecule has 0 fully saturated rings. The standard InChI is InChI=1S/C20H33N5O3/c1-7-21-19(22-10-8-9-17-24-18(13(2)3)25-28-17)23-12-20(6,26)16-11-14(4)27-15(16)5/h11,13,26H,7-10,12H2,1-6H3,(H2,21,22,23). The van der Waals surface area contributed by atoms with Crippen molar-refractivity contribution >= 4 is 5.96 Å². The monoisotopic (exact) mass is 391 g/mol. The number of aryl methyl sites for hydroxylation is 3. The van der Waals surface area contributed by atoms with E-state index in [9.17, 15) is 5.11 Å². The number of aromatic nitrogens is 2. The first-order valence-corrected chi connectivity index (χ1v) is 9.87. The van der Waals surface area contributed by atoms with Gasteiger partial charge in [0.15, 0.2) is 11.8 Å². The minimum absolute atomic E-state index is 0.226. The van der Waals surface area contributed by atoms with Gasteiger partial charge in [-0.15, -0.1) is 0 Å². The SMILES string of the molecule is CCNC(=NCC(C)(O)c1cc(C)oc1C)NCCCc1nc(C(C)C)no1. The van der Waals surface area contributed by atoms with Crippen LogP contribution in [0, 0.1) is 13.8 Å². The number of aliphatic hydroxyl groups is 1. The Hall–Kier alpha value is -2.35. The van der Waals surface area contributed by atoms with Crippen molar-refractivity contribution in [1.29, 1.82) is 0 Å². The van der Waals surface area contributed by atoms with Crippen molar-refractivity contribution in [2.45, 2.75) is 65.9 Å². The number of rotatable bonds is 9. The Morgan fingerprint density at radius 2 is 2.07 bits per heavy atom. The van der Waals surface area contributed by atoms with Crippen LogP contribution in [0.3, 0.4) is 0 Å². The van der Waals surface area contributed by atoms with E-state index in [2.05, 4.69) is 25.8 Å². The van der Waals surface area contributed by atoms with Crippen LogP contribution in [0.15, 0.2) is 20.0 Å². The second kappa shape index (κ2) is 9.73. The third-order valence-corrected chi connectivity index (χ3v) is 4.37. The largest absolute Gasteiger partial charge is 0.466 e. The minimum Gasteiger partial charge on any atom is -0.466 e. The molecular weight excluding hydrogens is 358 g/mol. The van der Waals surface area contributed by atoms with E-state index in [1.54, 1.807) is 6.92 Å². The molecule has 2 aromatic rings. The van der Waals surface area contributed by atoms with Crippen LogP contribution in [-0.2, 0) is 12.0 Å². The molecule has 8 nitrogen and oxygen atoms in total. The summed E-state index contributed by atoms with van der Waals surface area (Å²) < 4.78 is 10.8. The quantitative estimate of drug-likeness (QED) is 0.343. The number of guanidine groups is 1. The summed E-state index contributed by atoms with van der Waals surface area (Å²) in [6.07, 6.45) is 1.54. The Morgan fingerprint density at radius 3 is 2.64 bits per heavy atom. The summed E-state index contributed by atoms with van der Waals surface area (Å²) in [6.45, 7) is 13.2. The first-order valence-electron chi connectivity index (χ1n) is 9.87. The molecular formula is C20H33N5O3. The third kappa shape index (κ3) is 6.09. The van der Waals surface area contributed by atoms with E-state index in [4.69, 9.17) is 8.94 Å². The van der Waals surface area contributed by atoms with Gasteiger partial charge in [-0.1, -0.05) is 19.0 Å². The Labute approximate surface area is 166 Å². The van der Waals surface area contributed by atoms with Crippen molar-refractivity contribution in [3.05, 3.63) is 34.9 Å². The van der Waals surface area contributed by atoms with E-state index < -0.39 is 5.60 Å². The fraction of sp³-hybridized carbons (Fsp3) is 0.650. The highest BCUT2D eigenvalue weighted by Crippen LogP contribution is 2.27. The van der Waals surface area contributed by atoms with Gasteiger partial charge in [-0.2, -0.15) is 4.98 Å². The van der Waals surface area contributed by atoms with Gasteiger partial charge in [0, 0.05) is 31.0 Å². The fourth-order valence-corrected chi connectivity index (χ4v) is 2.88. The average molecular weight is 392 g/mol. The average Bonchev–Trinajstić information content (AvgIpc) is 3.23. The second-order valence-corrected chi connectivity index (χ2v) is 7.53. The number of hydrogen-bond acceptors (Lipinski definition) is 6. The lowest BCUT2D eigenvalue weighted by molar-refractivity contribution is 0.0657. The van der Waals surface area contributed by atoms with Gasteiger partial charge in [-0.25, -0.2) is 4.99 Å². The molecule has 156 valence electrons. The maximum atomic E-state index is 10.8. The topological polar surface area (TPSA) is 109 Å². The lowest BCUT2D eigenvalue weighted by atomic mass is 9.96. The normalized spacial score (nSPS) is 14.4. The molecule has 0 aliphatic heterocycles. The highest BCUT2D eigenvalue weighted by atomic mass is 16.5. The molecule has 0 spiro atoms. The smallest absolute Gasteiger partial charge is 0.226 e. The van der Waals surface area contributed by atoms with Crippen molar-refractivity contribution < 1.29 is 14.0 Å². The highest BCUT2D eigenvalue weighted by Gasteiger charge is 2.27. The van der Waals surface area contributed by atoms with E-state index in [1.165, 1.54) is 0 Å². The molecule has 28 heavy (non-hydrogen) atoms. The molecule has 0 aliphatic rings. The van der Waals surface area contributed by atoms with Gasteiger partial charge in [-0.3, -0.25) is 0 Å². The summed E-state index contributed by atoms with van der Waals surface area (Å²) >= 11 is 0. The van der Waals surface area contributed by atoms with E-state index in [0.717, 1.165) is 35.9 Å². The molecule has 0 amide bonds. The summed E-state index contributed by atoms with van der Waals surface area (Å²) in [7, 11) is 0. The Morgan fingerprint density at radius 1 is 1.32 bits per heavy atom. The molecule has 0 saturated heterocycles. The molecule has 0 bridgehead atoms. The fourth-order valence-electron chi connectivity index (χ4n) is 2.88. The Bertz CT molecular complexity index is 777. The van der Waals surface area contributed by atoms with Crippen LogP contribution in [0.2, 0.25) is 0 Å². The maximum absolute atomic E-state index is 10.8. The van der Waals surface area contributed by atoms with E-state index in [0.29, 0.717) is 24.8 Å². The Balaban J connectivity index is 1.88. The van der Waals surface area contributed by atoms with Crippen molar-refractivity contribution in [3.63, 3.8) is 0 Å². The second-order valence-electron chi connectivity index (χ2n) is 7.53. The van der Waals surface area contributed by atoms with Gasteiger partial charge >= 0.3 is 0 Å². The molecule has 2 heterocycles. The summed E-state index contributed by atoms with van der Waals surface area (Å²) in [6, 6.07) is 1.86. The van der Waals surface area contributed by atoms with Crippen molar-refractivity contribution in [2.24, 2.45) is 4.99 Å². The lowest BCUT2D eigenvalue weighted by Gasteiger charge is -2.21. The number of nitrogens with zero attached hydrogens (tertiary/aromatic N) is 3. The summed E-state index contributed by atoms with van der Waals surface area (Å²) in [4.78, 5) is 8.92. The molecule has 0 aromatic carbocycles. The molecule has 0 radical (unpaired) electrons. The predicted molar refractivity (Wildman–Crippen MR) is 108 cm³/mol. The van der Waals surface area contributed by atoms with E-state index in [1.807, 2.05) is 40.7 Å². The van der Waals surface area contributed by atoms with Crippen molar-refractivity contribution in [3.8, 4) is 0 Å². The van der Waals surface area contributed by atoms with E-state index in [-0.39, 0.29) is 12.5 Å². The molecule has 8 heteroatoms. The zero-order chi connectivity index (χ0) is 20.7. The van der Waals surface area contributed by atoms with Crippen molar-refractivity contribution in [2.75, 3.05) is 19.6 Å². The van der Waals surface area contributed by atoms with Crippen LogP contribution in [0.4, 0.5) is 0 Å². The molecule has 3 N–H and O–H groups in total. The van der Waals surface area contributed by atoms with Crippen molar-refractivity contribution in [1.82, 2.24) is 20.8 Å².